The monoisotopic (exact) mass is 252 g/mol. The van der Waals surface area contributed by atoms with Gasteiger partial charge < -0.3 is 10.5 Å². The zero-order valence-corrected chi connectivity index (χ0v) is 10.8. The van der Waals surface area contributed by atoms with Gasteiger partial charge in [0.05, 0.1) is 11.6 Å². The molecule has 2 rings (SSSR count). The maximum Gasteiger partial charge on any atom is 0.127 e. The number of nitrogens with two attached hydrogens (primary N) is 1. The van der Waals surface area contributed by atoms with Crippen LogP contribution < -0.4 is 10.5 Å². The van der Waals surface area contributed by atoms with Crippen molar-refractivity contribution in [2.75, 3.05) is 0 Å². The first-order valence-corrected chi connectivity index (χ1v) is 6.26. The normalized spacial score (nSPS) is 11.6. The largest absolute Gasteiger partial charge is 0.457 e. The molecule has 0 aliphatic rings. The molecule has 2 aromatic carbocycles. The Morgan fingerprint density at radius 3 is 2.05 bits per heavy atom. The van der Waals surface area contributed by atoms with Gasteiger partial charge in [0, 0.05) is 6.04 Å². The summed E-state index contributed by atoms with van der Waals surface area (Å²) < 4.78 is 5.70. The molecule has 1 atom stereocenters. The number of ether oxygens (including phenoxy) is 1. The zero-order valence-electron chi connectivity index (χ0n) is 10.8. The van der Waals surface area contributed by atoms with E-state index in [0.717, 1.165) is 17.7 Å². The molecule has 0 spiro atoms. The Hall–Kier alpha value is -2.31. The van der Waals surface area contributed by atoms with Gasteiger partial charge in [0.25, 0.3) is 0 Å². The minimum absolute atomic E-state index is 0.0731. The van der Waals surface area contributed by atoms with Crippen LogP contribution in [0.4, 0.5) is 0 Å². The zero-order chi connectivity index (χ0) is 13.7. The molecule has 0 heterocycles. The fourth-order valence-corrected chi connectivity index (χ4v) is 1.75. The Bertz CT molecular complexity index is 567. The summed E-state index contributed by atoms with van der Waals surface area (Å²) in [5.41, 5.74) is 7.69. The Balaban J connectivity index is 2.08. The van der Waals surface area contributed by atoms with Crippen LogP contribution in [0.15, 0.2) is 48.5 Å². The molecule has 0 unspecified atom stereocenters. The van der Waals surface area contributed by atoms with E-state index >= 15 is 0 Å². The molecule has 0 amide bonds. The van der Waals surface area contributed by atoms with Gasteiger partial charge in [0.15, 0.2) is 0 Å². The molecule has 2 N–H and O–H groups in total. The molecule has 0 bridgehead atoms. The van der Waals surface area contributed by atoms with Crippen molar-refractivity contribution in [3.63, 3.8) is 0 Å². The van der Waals surface area contributed by atoms with Crippen molar-refractivity contribution < 1.29 is 4.74 Å². The predicted molar refractivity (Wildman–Crippen MR) is 74.9 cm³/mol. The van der Waals surface area contributed by atoms with Crippen LogP contribution in [0, 0.1) is 11.3 Å². The number of hydrogen-bond acceptors (Lipinski definition) is 3. The van der Waals surface area contributed by atoms with Gasteiger partial charge in [-0.05, 0) is 48.4 Å². The maximum atomic E-state index is 8.72. The van der Waals surface area contributed by atoms with E-state index in [2.05, 4.69) is 13.0 Å². The lowest BCUT2D eigenvalue weighted by Gasteiger charge is -2.10. The highest BCUT2D eigenvalue weighted by molar-refractivity contribution is 5.38. The highest BCUT2D eigenvalue weighted by Crippen LogP contribution is 2.23. The van der Waals surface area contributed by atoms with Crippen molar-refractivity contribution in [1.82, 2.24) is 0 Å². The molecule has 3 heteroatoms. The maximum absolute atomic E-state index is 8.72. The van der Waals surface area contributed by atoms with E-state index in [9.17, 15) is 0 Å². The number of benzene rings is 2. The van der Waals surface area contributed by atoms with E-state index in [4.69, 9.17) is 15.7 Å². The quantitative estimate of drug-likeness (QED) is 0.901. The predicted octanol–water partition coefficient (Wildman–Crippen LogP) is 3.76. The van der Waals surface area contributed by atoms with Crippen LogP contribution in [-0.4, -0.2) is 0 Å². The molecule has 0 aliphatic heterocycles. The average Bonchev–Trinajstić information content (AvgIpc) is 2.48. The Morgan fingerprint density at radius 2 is 1.58 bits per heavy atom. The van der Waals surface area contributed by atoms with Gasteiger partial charge in [-0.15, -0.1) is 0 Å². The Kier molecular flexibility index (Phi) is 4.17. The summed E-state index contributed by atoms with van der Waals surface area (Å²) in [7, 11) is 0. The van der Waals surface area contributed by atoms with Gasteiger partial charge >= 0.3 is 0 Å². The summed E-state index contributed by atoms with van der Waals surface area (Å²) in [6, 6.07) is 16.9. The highest BCUT2D eigenvalue weighted by atomic mass is 16.5. The van der Waals surface area contributed by atoms with Gasteiger partial charge in [0.1, 0.15) is 11.5 Å². The molecule has 19 heavy (non-hydrogen) atoms. The van der Waals surface area contributed by atoms with Crippen molar-refractivity contribution in [1.29, 1.82) is 5.26 Å². The summed E-state index contributed by atoms with van der Waals surface area (Å²) in [6.45, 7) is 2.06. The van der Waals surface area contributed by atoms with Gasteiger partial charge in [0.2, 0.25) is 0 Å². The molecular formula is C16H16N2O. The number of nitrogens with zero attached hydrogens (tertiary/aromatic N) is 1. The first kappa shape index (κ1) is 13.1. The number of rotatable bonds is 4. The lowest BCUT2D eigenvalue weighted by Crippen LogP contribution is -2.07. The second kappa shape index (κ2) is 6.03. The molecule has 0 fully saturated rings. The smallest absolute Gasteiger partial charge is 0.127 e. The second-order valence-electron chi connectivity index (χ2n) is 4.32. The summed E-state index contributed by atoms with van der Waals surface area (Å²) >= 11 is 0. The minimum atomic E-state index is 0.0731. The first-order valence-electron chi connectivity index (χ1n) is 6.26. The van der Waals surface area contributed by atoms with E-state index in [0.29, 0.717) is 11.3 Å². The van der Waals surface area contributed by atoms with Crippen molar-refractivity contribution in [2.45, 2.75) is 19.4 Å². The van der Waals surface area contributed by atoms with E-state index in [-0.39, 0.29) is 6.04 Å². The topological polar surface area (TPSA) is 59.0 Å². The fraction of sp³-hybridized carbons (Fsp3) is 0.188. The minimum Gasteiger partial charge on any atom is -0.457 e. The highest BCUT2D eigenvalue weighted by Gasteiger charge is 2.03. The molecule has 3 nitrogen and oxygen atoms in total. The van der Waals surface area contributed by atoms with Gasteiger partial charge in [-0.3, -0.25) is 0 Å². The van der Waals surface area contributed by atoms with E-state index in [1.54, 1.807) is 24.3 Å². The molecule has 0 radical (unpaired) electrons. The Morgan fingerprint density at radius 1 is 1.05 bits per heavy atom. The van der Waals surface area contributed by atoms with Crippen LogP contribution >= 0.6 is 0 Å². The van der Waals surface area contributed by atoms with Crippen LogP contribution in [0.1, 0.15) is 30.5 Å². The SMILES string of the molecule is CC[C@@H](N)c1ccc(Oc2ccc(C#N)cc2)cc1. The van der Waals surface area contributed by atoms with Crippen LogP contribution in [0.2, 0.25) is 0 Å². The third-order valence-electron chi connectivity index (χ3n) is 2.97. The van der Waals surface area contributed by atoms with Crippen LogP contribution in [-0.2, 0) is 0 Å². The van der Waals surface area contributed by atoms with Gasteiger partial charge in [-0.1, -0.05) is 19.1 Å². The van der Waals surface area contributed by atoms with E-state index < -0.39 is 0 Å². The van der Waals surface area contributed by atoms with Crippen molar-refractivity contribution in [3.05, 3.63) is 59.7 Å². The van der Waals surface area contributed by atoms with Crippen LogP contribution in [0.25, 0.3) is 0 Å². The van der Waals surface area contributed by atoms with Crippen LogP contribution in [0.3, 0.4) is 0 Å². The second-order valence-corrected chi connectivity index (χ2v) is 4.32. The molecule has 2 aromatic rings. The van der Waals surface area contributed by atoms with Gasteiger partial charge in [-0.25, -0.2) is 0 Å². The van der Waals surface area contributed by atoms with E-state index in [1.165, 1.54) is 0 Å². The molecule has 0 aromatic heterocycles. The third kappa shape index (κ3) is 3.34. The standard InChI is InChI=1S/C16H16N2O/c1-2-16(18)13-5-9-15(10-6-13)19-14-7-3-12(11-17)4-8-14/h3-10,16H,2,18H2,1H3/t16-/m1/s1. The lowest BCUT2D eigenvalue weighted by atomic mass is 10.1. The summed E-state index contributed by atoms with van der Waals surface area (Å²) in [4.78, 5) is 0. The molecule has 96 valence electrons. The first-order chi connectivity index (χ1) is 9.22. The van der Waals surface area contributed by atoms with Crippen molar-refractivity contribution >= 4 is 0 Å². The van der Waals surface area contributed by atoms with Gasteiger partial charge in [-0.2, -0.15) is 5.26 Å². The number of hydrogen-bond donors (Lipinski definition) is 1. The molecule has 0 saturated heterocycles. The van der Waals surface area contributed by atoms with Crippen LogP contribution in [0.5, 0.6) is 11.5 Å². The molecule has 0 saturated carbocycles. The van der Waals surface area contributed by atoms with E-state index in [1.807, 2.05) is 24.3 Å². The summed E-state index contributed by atoms with van der Waals surface area (Å²) in [5.74, 6) is 1.48. The molecule has 0 aliphatic carbocycles. The lowest BCUT2D eigenvalue weighted by molar-refractivity contribution is 0.482. The third-order valence-corrected chi connectivity index (χ3v) is 2.97. The molecular weight excluding hydrogens is 236 g/mol. The summed E-state index contributed by atoms with van der Waals surface area (Å²) in [5, 5.41) is 8.72. The summed E-state index contributed by atoms with van der Waals surface area (Å²) in [6.07, 6.45) is 0.913. The fourth-order valence-electron chi connectivity index (χ4n) is 1.75. The number of nitriles is 1. The van der Waals surface area contributed by atoms with Crippen molar-refractivity contribution in [3.8, 4) is 17.6 Å². The Labute approximate surface area is 113 Å². The van der Waals surface area contributed by atoms with Crippen molar-refractivity contribution in [2.24, 2.45) is 5.73 Å². The average molecular weight is 252 g/mol.